The molecule has 1 aliphatic carbocycles. The van der Waals surface area contributed by atoms with Crippen molar-refractivity contribution in [1.82, 2.24) is 19.9 Å². The SMILES string of the molecule is c1cncc(-c2cc(NCCN3CCOCC3)nc(NC3CCCCC3)n2)c1. The maximum atomic E-state index is 5.42. The average molecular weight is 383 g/mol. The Morgan fingerprint density at radius 2 is 1.96 bits per heavy atom. The minimum atomic E-state index is 0.471. The van der Waals surface area contributed by atoms with Gasteiger partial charge in [-0.25, -0.2) is 4.98 Å². The maximum Gasteiger partial charge on any atom is 0.225 e. The molecule has 0 unspecified atom stereocenters. The van der Waals surface area contributed by atoms with Gasteiger partial charge >= 0.3 is 0 Å². The lowest BCUT2D eigenvalue weighted by Gasteiger charge is -2.26. The number of rotatable bonds is 7. The van der Waals surface area contributed by atoms with Crippen LogP contribution in [-0.2, 0) is 4.74 Å². The fraction of sp³-hybridized carbons (Fsp3) is 0.571. The summed E-state index contributed by atoms with van der Waals surface area (Å²) in [6, 6.07) is 6.47. The standard InChI is InChI=1S/C21H30N6O/c1-2-6-18(7-3-1)24-21-25-19(17-5-4-8-22-16-17)15-20(26-21)23-9-10-27-11-13-28-14-12-27/h4-5,8,15-16,18H,1-3,6-7,9-14H2,(H2,23,24,25,26). The van der Waals surface area contributed by atoms with Gasteiger partial charge in [0.15, 0.2) is 0 Å². The smallest absolute Gasteiger partial charge is 0.225 e. The monoisotopic (exact) mass is 382 g/mol. The van der Waals surface area contributed by atoms with Crippen LogP contribution in [0.25, 0.3) is 11.3 Å². The molecule has 1 saturated carbocycles. The highest BCUT2D eigenvalue weighted by molar-refractivity contribution is 5.63. The first-order valence-electron chi connectivity index (χ1n) is 10.5. The molecule has 3 heterocycles. The van der Waals surface area contributed by atoms with Crippen LogP contribution in [0.4, 0.5) is 11.8 Å². The molecular weight excluding hydrogens is 352 g/mol. The van der Waals surface area contributed by atoms with E-state index in [0.29, 0.717) is 12.0 Å². The Labute approximate surface area is 166 Å². The second kappa shape index (κ2) is 9.80. The molecule has 1 saturated heterocycles. The number of pyridine rings is 1. The zero-order valence-electron chi connectivity index (χ0n) is 16.4. The van der Waals surface area contributed by atoms with E-state index in [4.69, 9.17) is 14.7 Å². The van der Waals surface area contributed by atoms with Crippen LogP contribution in [0.2, 0.25) is 0 Å². The van der Waals surface area contributed by atoms with E-state index in [1.807, 2.05) is 24.4 Å². The van der Waals surface area contributed by atoms with Crippen LogP contribution in [0.15, 0.2) is 30.6 Å². The van der Waals surface area contributed by atoms with Crippen molar-refractivity contribution < 1.29 is 4.74 Å². The van der Waals surface area contributed by atoms with Gasteiger partial charge in [0.25, 0.3) is 0 Å². The van der Waals surface area contributed by atoms with Gasteiger partial charge in [0, 0.05) is 56.2 Å². The Bertz CT molecular complexity index is 729. The zero-order chi connectivity index (χ0) is 19.0. The lowest BCUT2D eigenvalue weighted by atomic mass is 9.96. The van der Waals surface area contributed by atoms with Crippen LogP contribution in [0.3, 0.4) is 0 Å². The predicted molar refractivity (Wildman–Crippen MR) is 112 cm³/mol. The molecule has 0 bridgehead atoms. The van der Waals surface area contributed by atoms with Crippen LogP contribution in [-0.4, -0.2) is 65.3 Å². The lowest BCUT2D eigenvalue weighted by Crippen LogP contribution is -2.39. The van der Waals surface area contributed by atoms with Gasteiger partial charge in [0.1, 0.15) is 5.82 Å². The lowest BCUT2D eigenvalue weighted by molar-refractivity contribution is 0.0398. The second-order valence-corrected chi connectivity index (χ2v) is 7.56. The molecule has 150 valence electrons. The predicted octanol–water partition coefficient (Wildman–Crippen LogP) is 3.03. The number of nitrogens with one attached hydrogen (secondary N) is 2. The second-order valence-electron chi connectivity index (χ2n) is 7.56. The first-order valence-corrected chi connectivity index (χ1v) is 10.5. The number of nitrogens with zero attached hydrogens (tertiary/aromatic N) is 4. The highest BCUT2D eigenvalue weighted by Crippen LogP contribution is 2.24. The summed E-state index contributed by atoms with van der Waals surface area (Å²) in [7, 11) is 0. The summed E-state index contributed by atoms with van der Waals surface area (Å²) in [5.41, 5.74) is 1.91. The first kappa shape index (κ1) is 19.1. The quantitative estimate of drug-likeness (QED) is 0.762. The van der Waals surface area contributed by atoms with Crippen molar-refractivity contribution in [2.75, 3.05) is 50.0 Å². The largest absolute Gasteiger partial charge is 0.379 e. The summed E-state index contributed by atoms with van der Waals surface area (Å²) >= 11 is 0. The van der Waals surface area contributed by atoms with E-state index >= 15 is 0 Å². The van der Waals surface area contributed by atoms with E-state index in [9.17, 15) is 0 Å². The molecular formula is C21H30N6O. The van der Waals surface area contributed by atoms with E-state index in [1.54, 1.807) is 6.20 Å². The topological polar surface area (TPSA) is 75.2 Å². The van der Waals surface area contributed by atoms with E-state index in [2.05, 4.69) is 20.5 Å². The Balaban J connectivity index is 1.46. The van der Waals surface area contributed by atoms with Gasteiger partial charge in [-0.1, -0.05) is 19.3 Å². The van der Waals surface area contributed by atoms with Gasteiger partial charge in [-0.15, -0.1) is 0 Å². The summed E-state index contributed by atoms with van der Waals surface area (Å²) < 4.78 is 5.42. The molecule has 0 atom stereocenters. The van der Waals surface area contributed by atoms with Crippen molar-refractivity contribution in [3.63, 3.8) is 0 Å². The number of morpholine rings is 1. The molecule has 0 aromatic carbocycles. The Morgan fingerprint density at radius 3 is 2.75 bits per heavy atom. The Morgan fingerprint density at radius 1 is 1.11 bits per heavy atom. The van der Waals surface area contributed by atoms with Crippen molar-refractivity contribution >= 4 is 11.8 Å². The highest BCUT2D eigenvalue weighted by Gasteiger charge is 2.16. The normalized spacial score (nSPS) is 18.7. The molecule has 2 fully saturated rings. The molecule has 2 aromatic rings. The van der Waals surface area contributed by atoms with E-state index in [0.717, 1.165) is 56.5 Å². The third kappa shape index (κ3) is 5.39. The van der Waals surface area contributed by atoms with Gasteiger partial charge in [-0.3, -0.25) is 9.88 Å². The van der Waals surface area contributed by atoms with Crippen molar-refractivity contribution in [1.29, 1.82) is 0 Å². The minimum Gasteiger partial charge on any atom is -0.379 e. The third-order valence-corrected chi connectivity index (χ3v) is 5.46. The minimum absolute atomic E-state index is 0.471. The van der Waals surface area contributed by atoms with Gasteiger partial charge in [-0.2, -0.15) is 4.98 Å². The molecule has 0 spiro atoms. The summed E-state index contributed by atoms with van der Waals surface area (Å²) in [6.07, 6.45) is 9.93. The van der Waals surface area contributed by atoms with E-state index in [1.165, 1.54) is 32.1 Å². The van der Waals surface area contributed by atoms with Gasteiger partial charge in [0.05, 0.1) is 18.9 Å². The average Bonchev–Trinajstić information content (AvgIpc) is 2.76. The molecule has 2 aromatic heterocycles. The summed E-state index contributed by atoms with van der Waals surface area (Å²) in [6.45, 7) is 5.50. The third-order valence-electron chi connectivity index (χ3n) is 5.46. The molecule has 4 rings (SSSR count). The van der Waals surface area contributed by atoms with Crippen LogP contribution >= 0.6 is 0 Å². The van der Waals surface area contributed by atoms with E-state index < -0.39 is 0 Å². The molecule has 28 heavy (non-hydrogen) atoms. The molecule has 7 nitrogen and oxygen atoms in total. The van der Waals surface area contributed by atoms with Gasteiger partial charge in [0.2, 0.25) is 5.95 Å². The van der Waals surface area contributed by atoms with Crippen molar-refractivity contribution in [2.24, 2.45) is 0 Å². The van der Waals surface area contributed by atoms with E-state index in [-0.39, 0.29) is 0 Å². The van der Waals surface area contributed by atoms with Crippen LogP contribution in [0.1, 0.15) is 32.1 Å². The number of ether oxygens (including phenoxy) is 1. The number of anilines is 2. The van der Waals surface area contributed by atoms with Crippen molar-refractivity contribution in [3.05, 3.63) is 30.6 Å². The van der Waals surface area contributed by atoms with Crippen molar-refractivity contribution in [3.8, 4) is 11.3 Å². The molecule has 2 aliphatic rings. The van der Waals surface area contributed by atoms with Crippen LogP contribution in [0, 0.1) is 0 Å². The fourth-order valence-corrected chi connectivity index (χ4v) is 3.86. The number of aromatic nitrogens is 3. The Kier molecular flexibility index (Phi) is 6.68. The van der Waals surface area contributed by atoms with Gasteiger partial charge in [-0.05, 0) is 25.0 Å². The summed E-state index contributed by atoms with van der Waals surface area (Å²) in [4.78, 5) is 16.2. The number of hydrogen-bond donors (Lipinski definition) is 2. The number of hydrogen-bond acceptors (Lipinski definition) is 7. The first-order chi connectivity index (χ1) is 13.9. The molecule has 1 aliphatic heterocycles. The zero-order valence-corrected chi connectivity index (χ0v) is 16.4. The highest BCUT2D eigenvalue weighted by atomic mass is 16.5. The molecule has 7 heteroatoms. The summed E-state index contributed by atoms with van der Waals surface area (Å²) in [5, 5.41) is 7.05. The van der Waals surface area contributed by atoms with Crippen LogP contribution < -0.4 is 10.6 Å². The molecule has 2 N–H and O–H groups in total. The maximum absolute atomic E-state index is 5.42. The molecule has 0 radical (unpaired) electrons. The van der Waals surface area contributed by atoms with Gasteiger partial charge < -0.3 is 15.4 Å². The van der Waals surface area contributed by atoms with Crippen molar-refractivity contribution in [2.45, 2.75) is 38.1 Å². The summed E-state index contributed by atoms with van der Waals surface area (Å²) in [5.74, 6) is 1.57. The van der Waals surface area contributed by atoms with Crippen LogP contribution in [0.5, 0.6) is 0 Å². The Hall–Kier alpha value is -2.25. The molecule has 0 amide bonds. The fourth-order valence-electron chi connectivity index (χ4n) is 3.86.